The average molecular weight is 247 g/mol. The lowest BCUT2D eigenvalue weighted by molar-refractivity contribution is -0.133. The Labute approximate surface area is 108 Å². The fourth-order valence-electron chi connectivity index (χ4n) is 2.68. The molecule has 0 aromatic heterocycles. The monoisotopic (exact) mass is 247 g/mol. The van der Waals surface area contributed by atoms with Gasteiger partial charge in [-0.05, 0) is 44.7 Å². The number of rotatable bonds is 3. The molecule has 1 aromatic carbocycles. The maximum atomic E-state index is 12.3. The molecule has 3 heteroatoms. The predicted octanol–water partition coefficient (Wildman–Crippen LogP) is 2.71. The van der Waals surface area contributed by atoms with Crippen LogP contribution in [-0.2, 0) is 4.79 Å². The van der Waals surface area contributed by atoms with Crippen LogP contribution in [0, 0.1) is 26.2 Å². The maximum absolute atomic E-state index is 12.3. The summed E-state index contributed by atoms with van der Waals surface area (Å²) in [5.74, 6) is -0.0358. The van der Waals surface area contributed by atoms with E-state index in [1.807, 2.05) is 20.8 Å². The summed E-state index contributed by atoms with van der Waals surface area (Å²) in [6, 6.07) is 4.13. The Hall–Kier alpha value is -1.35. The summed E-state index contributed by atoms with van der Waals surface area (Å²) >= 11 is 0. The van der Waals surface area contributed by atoms with Crippen LogP contribution in [0.2, 0.25) is 0 Å². The Morgan fingerprint density at radius 3 is 2.22 bits per heavy atom. The van der Waals surface area contributed by atoms with Gasteiger partial charge in [-0.3, -0.25) is 4.79 Å². The maximum Gasteiger partial charge on any atom is 0.232 e. The van der Waals surface area contributed by atoms with Crippen LogP contribution in [0.4, 0.5) is 5.69 Å². The van der Waals surface area contributed by atoms with E-state index < -0.39 is 5.41 Å². The number of hydrogen-bond donors (Lipinski definition) is 2. The Morgan fingerprint density at radius 2 is 1.83 bits per heavy atom. The van der Waals surface area contributed by atoms with Crippen LogP contribution < -0.4 is 5.32 Å². The molecule has 1 saturated carbocycles. The third-order valence-electron chi connectivity index (χ3n) is 4.01. The van der Waals surface area contributed by atoms with E-state index in [1.54, 1.807) is 0 Å². The Kier molecular flexibility index (Phi) is 3.44. The molecule has 1 fully saturated rings. The minimum Gasteiger partial charge on any atom is -0.395 e. The molecule has 0 radical (unpaired) electrons. The van der Waals surface area contributed by atoms with Gasteiger partial charge in [-0.1, -0.05) is 24.1 Å². The number of amides is 1. The third kappa shape index (κ3) is 2.15. The summed E-state index contributed by atoms with van der Waals surface area (Å²) in [6.07, 6.45) is 2.61. The van der Waals surface area contributed by atoms with Crippen molar-refractivity contribution in [3.8, 4) is 0 Å². The minimum absolute atomic E-state index is 0.0358. The normalized spacial score (nSPS) is 17.1. The van der Waals surface area contributed by atoms with Crippen LogP contribution in [0.1, 0.15) is 36.0 Å². The van der Waals surface area contributed by atoms with Crippen LogP contribution in [-0.4, -0.2) is 17.6 Å². The number of anilines is 1. The van der Waals surface area contributed by atoms with Gasteiger partial charge in [0.15, 0.2) is 0 Å². The topological polar surface area (TPSA) is 49.3 Å². The van der Waals surface area contributed by atoms with Gasteiger partial charge in [0, 0.05) is 5.69 Å². The van der Waals surface area contributed by atoms with Crippen molar-refractivity contribution < 1.29 is 9.90 Å². The zero-order chi connectivity index (χ0) is 13.3. The summed E-state index contributed by atoms with van der Waals surface area (Å²) in [7, 11) is 0. The number of aryl methyl sites for hydroxylation is 3. The highest BCUT2D eigenvalue weighted by atomic mass is 16.3. The molecule has 0 bridgehead atoms. The summed E-state index contributed by atoms with van der Waals surface area (Å²) in [5, 5.41) is 12.4. The molecule has 1 aliphatic rings. The first-order valence-electron chi connectivity index (χ1n) is 6.49. The first-order chi connectivity index (χ1) is 8.48. The molecule has 98 valence electrons. The molecule has 1 aliphatic carbocycles. The van der Waals surface area contributed by atoms with Crippen molar-refractivity contribution in [3.05, 3.63) is 28.8 Å². The van der Waals surface area contributed by atoms with Gasteiger partial charge >= 0.3 is 0 Å². The van der Waals surface area contributed by atoms with Gasteiger partial charge in [0.2, 0.25) is 5.91 Å². The molecular weight excluding hydrogens is 226 g/mol. The van der Waals surface area contributed by atoms with Crippen LogP contribution in [0.5, 0.6) is 0 Å². The van der Waals surface area contributed by atoms with E-state index >= 15 is 0 Å². The molecule has 0 unspecified atom stereocenters. The van der Waals surface area contributed by atoms with Crippen molar-refractivity contribution in [2.45, 2.75) is 40.0 Å². The number of carbonyl (C=O) groups excluding carboxylic acids is 1. The van der Waals surface area contributed by atoms with Gasteiger partial charge in [-0.15, -0.1) is 0 Å². The molecule has 0 spiro atoms. The minimum atomic E-state index is -0.538. The number of benzene rings is 1. The Bertz CT molecular complexity index is 447. The van der Waals surface area contributed by atoms with Crippen LogP contribution >= 0.6 is 0 Å². The fraction of sp³-hybridized carbons (Fsp3) is 0.533. The van der Waals surface area contributed by atoms with Crippen molar-refractivity contribution in [2.75, 3.05) is 11.9 Å². The zero-order valence-electron chi connectivity index (χ0n) is 11.3. The predicted molar refractivity (Wildman–Crippen MR) is 72.7 cm³/mol. The van der Waals surface area contributed by atoms with Crippen LogP contribution in [0.25, 0.3) is 0 Å². The van der Waals surface area contributed by atoms with Gasteiger partial charge in [0.25, 0.3) is 0 Å². The van der Waals surface area contributed by atoms with Gasteiger partial charge in [0.1, 0.15) is 0 Å². The molecule has 2 N–H and O–H groups in total. The number of hydrogen-bond acceptors (Lipinski definition) is 2. The number of aliphatic hydroxyl groups excluding tert-OH is 1. The standard InChI is InChI=1S/C15H21NO2/c1-10-7-11(2)13(12(3)8-10)16-14(18)15(9-17)5-4-6-15/h7-8,17H,4-6,9H2,1-3H3,(H,16,18). The second-order valence-electron chi connectivity index (χ2n) is 5.52. The number of nitrogens with one attached hydrogen (secondary N) is 1. The van der Waals surface area contributed by atoms with Gasteiger partial charge in [-0.25, -0.2) is 0 Å². The Balaban J connectivity index is 2.22. The van der Waals surface area contributed by atoms with Crippen molar-refractivity contribution in [1.82, 2.24) is 0 Å². The van der Waals surface area contributed by atoms with Gasteiger partial charge in [-0.2, -0.15) is 0 Å². The molecule has 3 nitrogen and oxygen atoms in total. The zero-order valence-corrected chi connectivity index (χ0v) is 11.3. The van der Waals surface area contributed by atoms with Crippen LogP contribution in [0.3, 0.4) is 0 Å². The number of carbonyl (C=O) groups is 1. The van der Waals surface area contributed by atoms with Crippen molar-refractivity contribution in [1.29, 1.82) is 0 Å². The van der Waals surface area contributed by atoms with E-state index in [0.717, 1.165) is 36.1 Å². The largest absolute Gasteiger partial charge is 0.395 e. The van der Waals surface area contributed by atoms with Crippen molar-refractivity contribution in [3.63, 3.8) is 0 Å². The van der Waals surface area contributed by atoms with E-state index in [9.17, 15) is 9.90 Å². The molecule has 0 saturated heterocycles. The van der Waals surface area contributed by atoms with E-state index in [0.29, 0.717) is 0 Å². The van der Waals surface area contributed by atoms with E-state index in [2.05, 4.69) is 17.4 Å². The van der Waals surface area contributed by atoms with E-state index in [-0.39, 0.29) is 12.5 Å². The first-order valence-corrected chi connectivity index (χ1v) is 6.49. The molecule has 0 heterocycles. The first kappa shape index (κ1) is 13.1. The van der Waals surface area contributed by atoms with Gasteiger partial charge in [0.05, 0.1) is 12.0 Å². The van der Waals surface area contributed by atoms with E-state index in [1.165, 1.54) is 5.56 Å². The average Bonchev–Trinajstić information content (AvgIpc) is 2.22. The summed E-state index contributed by atoms with van der Waals surface area (Å²) < 4.78 is 0. The Morgan fingerprint density at radius 1 is 1.28 bits per heavy atom. The highest BCUT2D eigenvalue weighted by molar-refractivity contribution is 5.97. The molecular formula is C15H21NO2. The van der Waals surface area contributed by atoms with Crippen molar-refractivity contribution >= 4 is 11.6 Å². The smallest absolute Gasteiger partial charge is 0.232 e. The molecule has 0 aliphatic heterocycles. The second kappa shape index (κ2) is 4.73. The quantitative estimate of drug-likeness (QED) is 0.862. The molecule has 2 rings (SSSR count). The molecule has 1 aromatic rings. The summed E-state index contributed by atoms with van der Waals surface area (Å²) in [4.78, 5) is 12.3. The summed E-state index contributed by atoms with van der Waals surface area (Å²) in [5.41, 5.74) is 3.71. The van der Waals surface area contributed by atoms with Crippen LogP contribution in [0.15, 0.2) is 12.1 Å². The molecule has 0 atom stereocenters. The highest BCUT2D eigenvalue weighted by Gasteiger charge is 2.43. The lowest BCUT2D eigenvalue weighted by atomic mass is 9.68. The number of aliphatic hydroxyl groups is 1. The lowest BCUT2D eigenvalue weighted by Gasteiger charge is -2.38. The molecule has 18 heavy (non-hydrogen) atoms. The summed E-state index contributed by atoms with van der Waals surface area (Å²) in [6.45, 7) is 6.00. The van der Waals surface area contributed by atoms with Gasteiger partial charge < -0.3 is 10.4 Å². The fourth-order valence-corrected chi connectivity index (χ4v) is 2.68. The van der Waals surface area contributed by atoms with Crippen molar-refractivity contribution in [2.24, 2.45) is 5.41 Å². The second-order valence-corrected chi connectivity index (χ2v) is 5.52. The molecule has 1 amide bonds. The third-order valence-corrected chi connectivity index (χ3v) is 4.01. The highest BCUT2D eigenvalue weighted by Crippen LogP contribution is 2.41. The van der Waals surface area contributed by atoms with E-state index in [4.69, 9.17) is 0 Å². The lowest BCUT2D eigenvalue weighted by Crippen LogP contribution is -2.45. The SMILES string of the molecule is Cc1cc(C)c(NC(=O)C2(CO)CCC2)c(C)c1.